The lowest BCUT2D eigenvalue weighted by molar-refractivity contribution is -0.135. The van der Waals surface area contributed by atoms with E-state index >= 15 is 0 Å². The Morgan fingerprint density at radius 3 is 2.47 bits per heavy atom. The smallest absolute Gasteiger partial charge is 0.246 e. The van der Waals surface area contributed by atoms with Gasteiger partial charge < -0.3 is 9.64 Å². The minimum Gasteiger partial charge on any atom is -0.492 e. The summed E-state index contributed by atoms with van der Waals surface area (Å²) in [6.07, 6.45) is 8.25. The SMILES string of the molecule is O=C(C1CC1)N1CCC2(CC1)COc1ccccc1S(=O)(=O)N(CC1CCCC1)C2. The fourth-order valence-electron chi connectivity index (χ4n) is 5.39. The van der Waals surface area contributed by atoms with Crippen LogP contribution in [0.5, 0.6) is 5.75 Å². The lowest BCUT2D eigenvalue weighted by atomic mass is 9.78. The van der Waals surface area contributed by atoms with Gasteiger partial charge >= 0.3 is 0 Å². The quantitative estimate of drug-likeness (QED) is 0.735. The van der Waals surface area contributed by atoms with Crippen molar-refractivity contribution < 1.29 is 17.9 Å². The summed E-state index contributed by atoms with van der Waals surface area (Å²) in [6, 6.07) is 7.04. The molecule has 30 heavy (non-hydrogen) atoms. The van der Waals surface area contributed by atoms with Crippen molar-refractivity contribution >= 4 is 15.9 Å². The number of piperidine rings is 1. The third kappa shape index (κ3) is 3.86. The zero-order valence-electron chi connectivity index (χ0n) is 17.6. The van der Waals surface area contributed by atoms with E-state index in [9.17, 15) is 13.2 Å². The average Bonchev–Trinajstić information content (AvgIpc) is 3.48. The van der Waals surface area contributed by atoms with Gasteiger partial charge in [-0.1, -0.05) is 25.0 Å². The lowest BCUT2D eigenvalue weighted by Gasteiger charge is -2.45. The standard InChI is InChI=1S/C23H32N2O4S/c26-22(19-9-10-19)24-13-11-23(12-14-24)16-25(15-18-5-1-2-6-18)30(27,28)21-8-4-3-7-20(21)29-17-23/h3-4,7-8,18-19H,1-2,5-6,9-17H2. The average molecular weight is 433 g/mol. The molecule has 1 saturated heterocycles. The van der Waals surface area contributed by atoms with Crippen LogP contribution in [-0.4, -0.2) is 56.3 Å². The second-order valence-electron chi connectivity index (χ2n) is 9.78. The Labute approximate surface area is 179 Å². The number of benzene rings is 1. The molecule has 7 heteroatoms. The number of hydrogen-bond acceptors (Lipinski definition) is 4. The van der Waals surface area contributed by atoms with Crippen LogP contribution < -0.4 is 4.74 Å². The highest BCUT2D eigenvalue weighted by atomic mass is 32.2. The van der Waals surface area contributed by atoms with Crippen molar-refractivity contribution in [1.29, 1.82) is 0 Å². The summed E-state index contributed by atoms with van der Waals surface area (Å²) >= 11 is 0. The zero-order valence-corrected chi connectivity index (χ0v) is 18.4. The molecule has 2 saturated carbocycles. The maximum absolute atomic E-state index is 13.6. The first-order chi connectivity index (χ1) is 14.5. The van der Waals surface area contributed by atoms with Gasteiger partial charge in [-0.2, -0.15) is 4.31 Å². The molecule has 0 N–H and O–H groups in total. The number of carbonyl (C=O) groups is 1. The third-order valence-electron chi connectivity index (χ3n) is 7.51. The number of amides is 1. The van der Waals surface area contributed by atoms with Crippen LogP contribution in [0.3, 0.4) is 0 Å². The highest BCUT2D eigenvalue weighted by Gasteiger charge is 2.45. The van der Waals surface area contributed by atoms with E-state index in [-0.39, 0.29) is 17.2 Å². The van der Waals surface area contributed by atoms with Crippen LogP contribution in [0, 0.1) is 17.3 Å². The van der Waals surface area contributed by atoms with E-state index in [0.29, 0.717) is 49.3 Å². The van der Waals surface area contributed by atoms with Crippen LogP contribution >= 0.6 is 0 Å². The maximum atomic E-state index is 13.6. The van der Waals surface area contributed by atoms with Crippen molar-refractivity contribution in [3.63, 3.8) is 0 Å². The van der Waals surface area contributed by atoms with Crippen LogP contribution in [0.4, 0.5) is 0 Å². The zero-order chi connectivity index (χ0) is 20.8. The summed E-state index contributed by atoms with van der Waals surface area (Å²) in [4.78, 5) is 14.8. The minimum absolute atomic E-state index is 0.235. The molecule has 1 aromatic rings. The molecule has 0 atom stereocenters. The van der Waals surface area contributed by atoms with E-state index in [0.717, 1.165) is 38.5 Å². The molecular formula is C23H32N2O4S. The van der Waals surface area contributed by atoms with Gasteiger partial charge in [0.2, 0.25) is 15.9 Å². The van der Waals surface area contributed by atoms with Gasteiger partial charge in [-0.3, -0.25) is 4.79 Å². The van der Waals surface area contributed by atoms with Crippen LogP contribution in [0.2, 0.25) is 0 Å². The molecule has 3 fully saturated rings. The molecular weight excluding hydrogens is 400 g/mol. The van der Waals surface area contributed by atoms with Crippen LogP contribution in [0.15, 0.2) is 29.2 Å². The second kappa shape index (κ2) is 7.83. The van der Waals surface area contributed by atoms with Crippen molar-refractivity contribution in [2.24, 2.45) is 17.3 Å². The van der Waals surface area contributed by atoms with E-state index in [4.69, 9.17) is 4.74 Å². The fourth-order valence-corrected chi connectivity index (χ4v) is 7.15. The minimum atomic E-state index is -3.61. The van der Waals surface area contributed by atoms with E-state index < -0.39 is 10.0 Å². The van der Waals surface area contributed by atoms with Gasteiger partial charge in [0.05, 0.1) is 6.61 Å². The largest absolute Gasteiger partial charge is 0.492 e. The molecule has 4 aliphatic rings. The predicted octanol–water partition coefficient (Wildman–Crippen LogP) is 3.28. The lowest BCUT2D eigenvalue weighted by Crippen LogP contribution is -2.53. The summed E-state index contributed by atoms with van der Waals surface area (Å²) in [7, 11) is -3.61. The number of ether oxygens (including phenoxy) is 1. The van der Waals surface area contributed by atoms with Gasteiger partial charge in [0.1, 0.15) is 10.6 Å². The Bertz CT molecular complexity index is 898. The molecule has 1 spiro atoms. The van der Waals surface area contributed by atoms with Crippen LogP contribution in [-0.2, 0) is 14.8 Å². The Hall–Kier alpha value is -1.60. The molecule has 0 bridgehead atoms. The van der Waals surface area contributed by atoms with Crippen molar-refractivity contribution in [2.45, 2.75) is 56.3 Å². The Balaban J connectivity index is 1.42. The molecule has 2 aliphatic carbocycles. The van der Waals surface area contributed by atoms with Crippen LogP contribution in [0.1, 0.15) is 51.4 Å². The molecule has 1 amide bonds. The van der Waals surface area contributed by atoms with Gasteiger partial charge in [0.25, 0.3) is 0 Å². The first kappa shape index (κ1) is 20.3. The molecule has 0 unspecified atom stereocenters. The highest BCUT2D eigenvalue weighted by Crippen LogP contribution is 2.41. The number of carbonyl (C=O) groups excluding carboxylic acids is 1. The molecule has 0 aromatic heterocycles. The van der Waals surface area contributed by atoms with Crippen molar-refractivity contribution in [3.05, 3.63) is 24.3 Å². The Morgan fingerprint density at radius 1 is 1.07 bits per heavy atom. The van der Waals surface area contributed by atoms with Gasteiger partial charge in [0.15, 0.2) is 0 Å². The van der Waals surface area contributed by atoms with Gasteiger partial charge in [-0.15, -0.1) is 0 Å². The topological polar surface area (TPSA) is 66.9 Å². The van der Waals surface area contributed by atoms with Gasteiger partial charge in [-0.05, 0) is 56.6 Å². The monoisotopic (exact) mass is 432 g/mol. The second-order valence-corrected chi connectivity index (χ2v) is 11.7. The summed E-state index contributed by atoms with van der Waals surface area (Å²) in [5.41, 5.74) is -0.237. The van der Waals surface area contributed by atoms with Crippen molar-refractivity contribution in [2.75, 3.05) is 32.8 Å². The maximum Gasteiger partial charge on any atom is 0.246 e. The van der Waals surface area contributed by atoms with Gasteiger partial charge in [0, 0.05) is 37.5 Å². The molecule has 6 nitrogen and oxygen atoms in total. The number of sulfonamides is 1. The highest BCUT2D eigenvalue weighted by molar-refractivity contribution is 7.89. The fraction of sp³-hybridized carbons (Fsp3) is 0.696. The number of rotatable bonds is 3. The van der Waals surface area contributed by atoms with Crippen molar-refractivity contribution in [3.8, 4) is 5.75 Å². The molecule has 1 aromatic carbocycles. The molecule has 2 heterocycles. The molecule has 0 radical (unpaired) electrons. The van der Waals surface area contributed by atoms with Crippen molar-refractivity contribution in [1.82, 2.24) is 9.21 Å². The predicted molar refractivity (Wildman–Crippen MR) is 114 cm³/mol. The first-order valence-electron chi connectivity index (χ1n) is 11.5. The van der Waals surface area contributed by atoms with Crippen LogP contribution in [0.25, 0.3) is 0 Å². The summed E-state index contributed by atoms with van der Waals surface area (Å²) in [5, 5.41) is 0. The first-order valence-corrected chi connectivity index (χ1v) is 12.9. The summed E-state index contributed by atoms with van der Waals surface area (Å²) < 4.78 is 35.2. The Kier molecular flexibility index (Phi) is 5.30. The van der Waals surface area contributed by atoms with Gasteiger partial charge in [-0.25, -0.2) is 8.42 Å². The molecule has 2 aliphatic heterocycles. The van der Waals surface area contributed by atoms with E-state index in [1.165, 1.54) is 12.8 Å². The number of hydrogen-bond donors (Lipinski definition) is 0. The van der Waals surface area contributed by atoms with E-state index in [2.05, 4.69) is 0 Å². The molecule has 164 valence electrons. The summed E-state index contributed by atoms with van der Waals surface area (Å²) in [5.74, 6) is 1.43. The third-order valence-corrected chi connectivity index (χ3v) is 9.36. The molecule has 5 rings (SSSR count). The number of para-hydroxylation sites is 1. The number of nitrogens with zero attached hydrogens (tertiary/aromatic N) is 2. The van der Waals surface area contributed by atoms with E-state index in [1.807, 2.05) is 11.0 Å². The Morgan fingerprint density at radius 2 is 1.77 bits per heavy atom. The number of likely N-dealkylation sites (tertiary alicyclic amines) is 1. The van der Waals surface area contributed by atoms with E-state index in [1.54, 1.807) is 22.5 Å². The summed E-state index contributed by atoms with van der Waals surface area (Å²) in [6.45, 7) is 3.01. The number of fused-ring (bicyclic) bond motifs is 1. The normalized spacial score (nSPS) is 26.6.